The first-order valence-electron chi connectivity index (χ1n) is 6.34. The predicted molar refractivity (Wildman–Crippen MR) is 75.8 cm³/mol. The number of nitrogens with one attached hydrogen (secondary N) is 1. The van der Waals surface area contributed by atoms with Gasteiger partial charge in [0.25, 0.3) is 5.69 Å². The number of aryl methyl sites for hydroxylation is 2. The van der Waals surface area contributed by atoms with Gasteiger partial charge in [-0.25, -0.2) is 0 Å². The quantitative estimate of drug-likeness (QED) is 0.505. The predicted octanol–water partition coefficient (Wildman–Crippen LogP) is 2.98. The summed E-state index contributed by atoms with van der Waals surface area (Å²) in [5.41, 5.74) is 1.71. The molecule has 0 fully saturated rings. The van der Waals surface area contributed by atoms with Crippen molar-refractivity contribution < 1.29 is 9.66 Å². The number of nitro benzene ring substituents is 1. The van der Waals surface area contributed by atoms with Gasteiger partial charge in [-0.15, -0.1) is 0 Å². The second-order valence-electron chi connectivity index (χ2n) is 5.69. The SMILES string of the molecule is Cc1cc(C)c([N+](=O)[O-])cc1OCCNC(C)(C)C. The Morgan fingerprint density at radius 2 is 1.89 bits per heavy atom. The Labute approximate surface area is 114 Å². The molecule has 0 aliphatic rings. The summed E-state index contributed by atoms with van der Waals surface area (Å²) in [6.07, 6.45) is 0. The lowest BCUT2D eigenvalue weighted by molar-refractivity contribution is -0.385. The van der Waals surface area contributed by atoms with Gasteiger partial charge in [-0.3, -0.25) is 10.1 Å². The van der Waals surface area contributed by atoms with Crippen molar-refractivity contribution in [2.45, 2.75) is 40.2 Å². The van der Waals surface area contributed by atoms with E-state index in [1.165, 1.54) is 6.07 Å². The lowest BCUT2D eigenvalue weighted by Gasteiger charge is -2.20. The zero-order valence-electron chi connectivity index (χ0n) is 12.2. The van der Waals surface area contributed by atoms with E-state index in [-0.39, 0.29) is 16.1 Å². The van der Waals surface area contributed by atoms with Crippen LogP contribution in [0.15, 0.2) is 12.1 Å². The molecule has 1 N–H and O–H groups in total. The van der Waals surface area contributed by atoms with Crippen LogP contribution in [0.5, 0.6) is 5.75 Å². The van der Waals surface area contributed by atoms with E-state index in [1.807, 2.05) is 6.92 Å². The summed E-state index contributed by atoms with van der Waals surface area (Å²) in [5.74, 6) is 0.577. The van der Waals surface area contributed by atoms with Gasteiger partial charge < -0.3 is 10.1 Å². The van der Waals surface area contributed by atoms with Crippen LogP contribution in [-0.4, -0.2) is 23.6 Å². The summed E-state index contributed by atoms with van der Waals surface area (Å²) in [6.45, 7) is 11.0. The average Bonchev–Trinajstić information content (AvgIpc) is 2.24. The first-order valence-corrected chi connectivity index (χ1v) is 6.34. The van der Waals surface area contributed by atoms with E-state index in [2.05, 4.69) is 26.1 Å². The van der Waals surface area contributed by atoms with Crippen molar-refractivity contribution in [3.05, 3.63) is 33.4 Å². The molecule has 0 bridgehead atoms. The van der Waals surface area contributed by atoms with Crippen molar-refractivity contribution in [3.63, 3.8) is 0 Å². The Hall–Kier alpha value is -1.62. The van der Waals surface area contributed by atoms with Crippen LogP contribution in [0.2, 0.25) is 0 Å². The van der Waals surface area contributed by atoms with Gasteiger partial charge in [-0.1, -0.05) is 0 Å². The fraction of sp³-hybridized carbons (Fsp3) is 0.571. The number of ether oxygens (including phenoxy) is 1. The fourth-order valence-corrected chi connectivity index (χ4v) is 1.76. The van der Waals surface area contributed by atoms with Crippen molar-refractivity contribution in [2.24, 2.45) is 0 Å². The Bertz CT molecular complexity index is 464. The molecule has 5 nitrogen and oxygen atoms in total. The minimum Gasteiger partial charge on any atom is -0.492 e. The zero-order valence-corrected chi connectivity index (χ0v) is 12.2. The highest BCUT2D eigenvalue weighted by molar-refractivity contribution is 5.49. The fourth-order valence-electron chi connectivity index (χ4n) is 1.76. The monoisotopic (exact) mass is 266 g/mol. The van der Waals surface area contributed by atoms with E-state index >= 15 is 0 Å². The molecule has 0 spiro atoms. The van der Waals surface area contributed by atoms with Gasteiger partial charge in [-0.05, 0) is 46.2 Å². The van der Waals surface area contributed by atoms with Gasteiger partial charge in [0.1, 0.15) is 12.4 Å². The number of rotatable bonds is 5. The largest absolute Gasteiger partial charge is 0.492 e. The summed E-state index contributed by atoms with van der Waals surface area (Å²) in [7, 11) is 0. The van der Waals surface area contributed by atoms with Gasteiger partial charge in [0, 0.05) is 17.6 Å². The molecule has 5 heteroatoms. The standard InChI is InChI=1S/C14H22N2O3/c1-10-8-11(2)13(9-12(10)16(17)18)19-7-6-15-14(3,4)5/h8-9,15H,6-7H2,1-5H3. The molecule has 0 aliphatic heterocycles. The van der Waals surface area contributed by atoms with Crippen LogP contribution in [0.25, 0.3) is 0 Å². The minimum atomic E-state index is -0.380. The van der Waals surface area contributed by atoms with E-state index < -0.39 is 0 Å². The molecule has 0 amide bonds. The third kappa shape index (κ3) is 4.87. The minimum absolute atomic E-state index is 0.0394. The maximum atomic E-state index is 10.9. The molecule has 0 aromatic heterocycles. The van der Waals surface area contributed by atoms with Crippen molar-refractivity contribution in [3.8, 4) is 5.75 Å². The van der Waals surface area contributed by atoms with Crippen LogP contribution in [0.1, 0.15) is 31.9 Å². The zero-order chi connectivity index (χ0) is 14.6. The molecule has 0 radical (unpaired) electrons. The Morgan fingerprint density at radius 1 is 1.26 bits per heavy atom. The number of hydrogen-bond donors (Lipinski definition) is 1. The number of benzene rings is 1. The van der Waals surface area contributed by atoms with Crippen LogP contribution in [0.4, 0.5) is 5.69 Å². The Morgan fingerprint density at radius 3 is 2.42 bits per heavy atom. The Balaban J connectivity index is 2.68. The summed E-state index contributed by atoms with van der Waals surface area (Å²) in [4.78, 5) is 10.5. The highest BCUT2D eigenvalue weighted by Gasteiger charge is 2.14. The van der Waals surface area contributed by atoms with Crippen molar-refractivity contribution in [2.75, 3.05) is 13.2 Å². The van der Waals surface area contributed by atoms with E-state index in [0.29, 0.717) is 24.5 Å². The number of nitro groups is 1. The first-order chi connectivity index (χ1) is 8.70. The summed E-state index contributed by atoms with van der Waals surface area (Å²) >= 11 is 0. The average molecular weight is 266 g/mol. The van der Waals surface area contributed by atoms with Crippen molar-refractivity contribution in [1.82, 2.24) is 5.32 Å². The lowest BCUT2D eigenvalue weighted by atomic mass is 10.1. The molecule has 0 saturated carbocycles. The molecule has 1 aromatic rings. The highest BCUT2D eigenvalue weighted by Crippen LogP contribution is 2.27. The van der Waals surface area contributed by atoms with E-state index in [9.17, 15) is 10.1 Å². The third-order valence-electron chi connectivity index (χ3n) is 2.71. The van der Waals surface area contributed by atoms with E-state index in [1.54, 1.807) is 13.0 Å². The van der Waals surface area contributed by atoms with E-state index in [4.69, 9.17) is 4.74 Å². The second-order valence-corrected chi connectivity index (χ2v) is 5.69. The Kier molecular flexibility index (Phi) is 4.89. The van der Waals surface area contributed by atoms with Crippen LogP contribution < -0.4 is 10.1 Å². The van der Waals surface area contributed by atoms with Crippen molar-refractivity contribution >= 4 is 5.69 Å². The topological polar surface area (TPSA) is 64.4 Å². The summed E-state index contributed by atoms with van der Waals surface area (Å²) < 4.78 is 5.61. The van der Waals surface area contributed by atoms with Gasteiger partial charge in [-0.2, -0.15) is 0 Å². The third-order valence-corrected chi connectivity index (χ3v) is 2.71. The molecule has 1 aromatic carbocycles. The van der Waals surface area contributed by atoms with E-state index in [0.717, 1.165) is 5.56 Å². The molecule has 19 heavy (non-hydrogen) atoms. The second kappa shape index (κ2) is 6.02. The molecule has 0 aliphatic carbocycles. The molecule has 0 atom stereocenters. The van der Waals surface area contributed by atoms with Crippen LogP contribution in [0.3, 0.4) is 0 Å². The maximum absolute atomic E-state index is 10.9. The molecule has 1 rings (SSSR count). The normalized spacial score (nSPS) is 11.4. The highest BCUT2D eigenvalue weighted by atomic mass is 16.6. The molecular weight excluding hydrogens is 244 g/mol. The number of nitrogens with zero attached hydrogens (tertiary/aromatic N) is 1. The van der Waals surface area contributed by atoms with Crippen LogP contribution in [0, 0.1) is 24.0 Å². The summed E-state index contributed by atoms with van der Waals surface area (Å²) in [5, 5.41) is 14.2. The molecule has 0 heterocycles. The lowest BCUT2D eigenvalue weighted by Crippen LogP contribution is -2.38. The van der Waals surface area contributed by atoms with Gasteiger partial charge in [0.15, 0.2) is 0 Å². The van der Waals surface area contributed by atoms with Crippen molar-refractivity contribution in [1.29, 1.82) is 0 Å². The smallest absolute Gasteiger partial charge is 0.276 e. The van der Waals surface area contributed by atoms with Gasteiger partial charge >= 0.3 is 0 Å². The van der Waals surface area contributed by atoms with Crippen LogP contribution >= 0.6 is 0 Å². The molecular formula is C14H22N2O3. The maximum Gasteiger partial charge on any atom is 0.276 e. The number of hydrogen-bond acceptors (Lipinski definition) is 4. The first kappa shape index (κ1) is 15.4. The van der Waals surface area contributed by atoms with Gasteiger partial charge in [0.05, 0.1) is 11.0 Å². The summed E-state index contributed by atoms with van der Waals surface area (Å²) in [6, 6.07) is 3.28. The van der Waals surface area contributed by atoms with Crippen LogP contribution in [-0.2, 0) is 0 Å². The molecule has 0 unspecified atom stereocenters. The van der Waals surface area contributed by atoms with Gasteiger partial charge in [0.2, 0.25) is 0 Å². The molecule has 106 valence electrons. The molecule has 0 saturated heterocycles.